The van der Waals surface area contributed by atoms with E-state index < -0.39 is 12.8 Å². The summed E-state index contributed by atoms with van der Waals surface area (Å²) in [5, 5.41) is 3.31. The predicted octanol–water partition coefficient (Wildman–Crippen LogP) is 3.79. The van der Waals surface area contributed by atoms with Crippen LogP contribution in [0.5, 0.6) is 0 Å². The largest absolute Gasteiger partial charge is 0.411 e. The fourth-order valence-electron chi connectivity index (χ4n) is 2.26. The monoisotopic (exact) mass is 303 g/mol. The van der Waals surface area contributed by atoms with Crippen molar-refractivity contribution in [2.24, 2.45) is 0 Å². The van der Waals surface area contributed by atoms with Gasteiger partial charge in [-0.1, -0.05) is 30.7 Å². The minimum Gasteiger partial charge on any atom is -0.372 e. The van der Waals surface area contributed by atoms with Crippen molar-refractivity contribution in [2.45, 2.75) is 45.8 Å². The molecule has 0 spiro atoms. The molecule has 0 saturated carbocycles. The molecule has 0 aliphatic rings. The number of nitrogens with one attached hydrogen (secondary N) is 1. The summed E-state index contributed by atoms with van der Waals surface area (Å²) in [6.07, 6.45) is -2.88. The summed E-state index contributed by atoms with van der Waals surface area (Å²) in [4.78, 5) is 0. The molecule has 0 amide bonds. The van der Waals surface area contributed by atoms with Crippen molar-refractivity contribution in [2.75, 3.05) is 19.8 Å². The average Bonchev–Trinajstić information content (AvgIpc) is 2.38. The van der Waals surface area contributed by atoms with Crippen LogP contribution in [0.3, 0.4) is 0 Å². The highest BCUT2D eigenvalue weighted by atomic mass is 19.4. The van der Waals surface area contributed by atoms with E-state index in [-0.39, 0.29) is 12.6 Å². The van der Waals surface area contributed by atoms with Gasteiger partial charge in [0.25, 0.3) is 0 Å². The zero-order valence-electron chi connectivity index (χ0n) is 12.9. The van der Waals surface area contributed by atoms with Gasteiger partial charge in [-0.15, -0.1) is 0 Å². The second-order valence-electron chi connectivity index (χ2n) is 5.35. The third-order valence-corrected chi connectivity index (χ3v) is 3.34. The van der Waals surface area contributed by atoms with Crippen LogP contribution < -0.4 is 5.32 Å². The molecule has 1 N–H and O–H groups in total. The van der Waals surface area contributed by atoms with Gasteiger partial charge in [0, 0.05) is 12.6 Å². The average molecular weight is 303 g/mol. The number of likely N-dealkylation sites (N-methyl/N-ethyl adjacent to an activating group) is 1. The molecule has 0 saturated heterocycles. The van der Waals surface area contributed by atoms with Crippen molar-refractivity contribution in [3.8, 4) is 0 Å². The second-order valence-corrected chi connectivity index (χ2v) is 5.35. The zero-order chi connectivity index (χ0) is 15.9. The highest BCUT2D eigenvalue weighted by molar-refractivity contribution is 5.31. The van der Waals surface area contributed by atoms with Gasteiger partial charge >= 0.3 is 6.18 Å². The summed E-state index contributed by atoms with van der Waals surface area (Å²) in [5.74, 6) is 0. The Kier molecular flexibility index (Phi) is 7.18. The van der Waals surface area contributed by atoms with Crippen LogP contribution in [0.1, 0.15) is 30.0 Å². The number of benzene rings is 1. The first kappa shape index (κ1) is 18.0. The van der Waals surface area contributed by atoms with E-state index in [1.807, 2.05) is 13.8 Å². The highest BCUT2D eigenvalue weighted by Gasteiger charge is 2.27. The molecule has 0 aromatic heterocycles. The van der Waals surface area contributed by atoms with E-state index in [9.17, 15) is 13.2 Å². The van der Waals surface area contributed by atoms with Gasteiger partial charge in [-0.25, -0.2) is 0 Å². The molecule has 120 valence electrons. The quantitative estimate of drug-likeness (QED) is 0.738. The Balaban J connectivity index is 2.51. The Morgan fingerprint density at radius 1 is 1.24 bits per heavy atom. The van der Waals surface area contributed by atoms with Gasteiger partial charge in [-0.3, -0.25) is 0 Å². The van der Waals surface area contributed by atoms with Crippen LogP contribution in [0.25, 0.3) is 0 Å². The van der Waals surface area contributed by atoms with Gasteiger partial charge in [0.1, 0.15) is 6.61 Å². The van der Waals surface area contributed by atoms with Crippen LogP contribution in [-0.4, -0.2) is 32.0 Å². The Morgan fingerprint density at radius 3 is 2.57 bits per heavy atom. The number of alkyl halides is 3. The first-order valence-electron chi connectivity index (χ1n) is 7.26. The van der Waals surface area contributed by atoms with Crippen molar-refractivity contribution < 1.29 is 17.9 Å². The molecule has 1 atom stereocenters. The maximum absolute atomic E-state index is 12.0. The van der Waals surface area contributed by atoms with E-state index in [1.165, 1.54) is 16.7 Å². The Bertz CT molecular complexity index is 432. The number of halogens is 3. The van der Waals surface area contributed by atoms with Crippen LogP contribution in [0.15, 0.2) is 18.2 Å². The number of aryl methyl sites for hydroxylation is 2. The van der Waals surface area contributed by atoms with Crippen molar-refractivity contribution in [3.63, 3.8) is 0 Å². The molecular formula is C16H24F3NO. The van der Waals surface area contributed by atoms with Crippen molar-refractivity contribution in [3.05, 3.63) is 34.9 Å². The molecule has 0 fully saturated rings. The van der Waals surface area contributed by atoms with Gasteiger partial charge in [0.2, 0.25) is 0 Å². The maximum Gasteiger partial charge on any atom is 0.411 e. The van der Waals surface area contributed by atoms with Gasteiger partial charge in [0.15, 0.2) is 0 Å². The van der Waals surface area contributed by atoms with E-state index in [2.05, 4.69) is 30.4 Å². The molecule has 0 radical (unpaired) electrons. The number of rotatable bonds is 8. The summed E-state index contributed by atoms with van der Waals surface area (Å²) in [6, 6.07) is 6.40. The summed E-state index contributed by atoms with van der Waals surface area (Å²) in [5.41, 5.74) is 3.63. The minimum atomic E-state index is -4.25. The second kappa shape index (κ2) is 8.39. The van der Waals surface area contributed by atoms with E-state index in [4.69, 9.17) is 4.74 Å². The molecule has 1 aromatic carbocycles. The van der Waals surface area contributed by atoms with Crippen molar-refractivity contribution >= 4 is 0 Å². The van der Waals surface area contributed by atoms with Gasteiger partial charge in [-0.2, -0.15) is 13.2 Å². The molecule has 1 rings (SSSR count). The Labute approximate surface area is 124 Å². The van der Waals surface area contributed by atoms with Crippen molar-refractivity contribution in [1.82, 2.24) is 5.32 Å². The molecule has 0 heterocycles. The zero-order valence-corrected chi connectivity index (χ0v) is 12.9. The molecule has 0 bridgehead atoms. The van der Waals surface area contributed by atoms with E-state index in [0.717, 1.165) is 13.0 Å². The highest BCUT2D eigenvalue weighted by Crippen LogP contribution is 2.16. The lowest BCUT2D eigenvalue weighted by atomic mass is 9.97. The lowest BCUT2D eigenvalue weighted by Gasteiger charge is -2.19. The standard InChI is InChI=1S/C16H24F3NO/c1-4-20-15(7-8-21-11-16(17,18)19)10-14-9-12(2)5-6-13(14)3/h5-6,9,15,20H,4,7-8,10-11H2,1-3H3. The molecule has 1 unspecified atom stereocenters. The molecule has 5 heteroatoms. The first-order chi connectivity index (χ1) is 9.81. The fraction of sp³-hybridized carbons (Fsp3) is 0.625. The Morgan fingerprint density at radius 2 is 1.95 bits per heavy atom. The van der Waals surface area contributed by atoms with Crippen LogP contribution in [-0.2, 0) is 11.2 Å². The summed E-state index contributed by atoms with van der Waals surface area (Å²) >= 11 is 0. The van der Waals surface area contributed by atoms with Crippen LogP contribution in [0, 0.1) is 13.8 Å². The van der Waals surface area contributed by atoms with Gasteiger partial charge in [-0.05, 0) is 44.4 Å². The molecule has 21 heavy (non-hydrogen) atoms. The third-order valence-electron chi connectivity index (χ3n) is 3.34. The molecule has 2 nitrogen and oxygen atoms in total. The van der Waals surface area contributed by atoms with Gasteiger partial charge in [0.05, 0.1) is 0 Å². The van der Waals surface area contributed by atoms with Gasteiger partial charge < -0.3 is 10.1 Å². The number of hydrogen-bond acceptors (Lipinski definition) is 2. The molecular weight excluding hydrogens is 279 g/mol. The summed E-state index contributed by atoms with van der Waals surface area (Å²) < 4.78 is 40.8. The SMILES string of the molecule is CCNC(CCOCC(F)(F)F)Cc1cc(C)ccc1C. The molecule has 0 aliphatic carbocycles. The maximum atomic E-state index is 12.0. The van der Waals surface area contributed by atoms with Crippen LogP contribution in [0.2, 0.25) is 0 Å². The lowest BCUT2D eigenvalue weighted by Crippen LogP contribution is -2.33. The Hall–Kier alpha value is -1.07. The van der Waals surface area contributed by atoms with E-state index in [0.29, 0.717) is 6.42 Å². The van der Waals surface area contributed by atoms with Crippen LogP contribution >= 0.6 is 0 Å². The fourth-order valence-corrected chi connectivity index (χ4v) is 2.26. The summed E-state index contributed by atoms with van der Waals surface area (Å²) in [6.45, 7) is 5.81. The number of hydrogen-bond donors (Lipinski definition) is 1. The topological polar surface area (TPSA) is 21.3 Å². The molecule has 1 aromatic rings. The van der Waals surface area contributed by atoms with Crippen molar-refractivity contribution in [1.29, 1.82) is 0 Å². The molecule has 0 aliphatic heterocycles. The normalized spacial score (nSPS) is 13.4. The predicted molar refractivity (Wildman–Crippen MR) is 78.6 cm³/mol. The smallest absolute Gasteiger partial charge is 0.372 e. The lowest BCUT2D eigenvalue weighted by molar-refractivity contribution is -0.174. The summed E-state index contributed by atoms with van der Waals surface area (Å²) in [7, 11) is 0. The number of ether oxygens (including phenoxy) is 1. The van der Waals surface area contributed by atoms with E-state index >= 15 is 0 Å². The van der Waals surface area contributed by atoms with E-state index in [1.54, 1.807) is 0 Å². The first-order valence-corrected chi connectivity index (χ1v) is 7.26. The minimum absolute atomic E-state index is 0.113. The van der Waals surface area contributed by atoms with Crippen LogP contribution in [0.4, 0.5) is 13.2 Å². The third kappa shape index (κ3) is 7.48.